The van der Waals surface area contributed by atoms with Gasteiger partial charge in [-0.3, -0.25) is 0 Å². The Kier molecular flexibility index (Phi) is 5.53. The van der Waals surface area contributed by atoms with Crippen LogP contribution in [0.3, 0.4) is 0 Å². The van der Waals surface area contributed by atoms with Crippen LogP contribution in [0.5, 0.6) is 0 Å². The van der Waals surface area contributed by atoms with Gasteiger partial charge >= 0.3 is 92.5 Å². The van der Waals surface area contributed by atoms with Gasteiger partial charge in [0.15, 0.2) is 0 Å². The molecule has 0 bridgehead atoms. The summed E-state index contributed by atoms with van der Waals surface area (Å²) < 4.78 is 3.14. The van der Waals surface area contributed by atoms with Crippen LogP contribution in [-0.4, -0.2) is 38.6 Å². The summed E-state index contributed by atoms with van der Waals surface area (Å²) in [6, 6.07) is 21.8. The van der Waals surface area contributed by atoms with Crippen LogP contribution in [0, 0.1) is 0 Å². The van der Waals surface area contributed by atoms with Gasteiger partial charge in [0.2, 0.25) is 0 Å². The van der Waals surface area contributed by atoms with Crippen molar-refractivity contribution in [3.8, 4) is 0 Å². The van der Waals surface area contributed by atoms with Gasteiger partial charge in [0.1, 0.15) is 0 Å². The Morgan fingerprint density at radius 2 is 1.00 bits per heavy atom. The van der Waals surface area contributed by atoms with Crippen molar-refractivity contribution < 1.29 is 0 Å². The van der Waals surface area contributed by atoms with E-state index in [-0.39, 0.29) is 18.9 Å². The molecule has 0 spiro atoms. The van der Waals surface area contributed by atoms with E-state index in [1.807, 2.05) is 0 Å². The van der Waals surface area contributed by atoms with E-state index in [9.17, 15) is 0 Å². The molecule has 0 amide bonds. The summed E-state index contributed by atoms with van der Waals surface area (Å²) in [4.78, 5) is 2.44. The SMILES string of the molecule is [CH3][Sn]([c]1ccccc1)[c]1ccccc1.[Li]. The van der Waals surface area contributed by atoms with Gasteiger partial charge in [-0.05, 0) is 0 Å². The van der Waals surface area contributed by atoms with Gasteiger partial charge in [-0.25, -0.2) is 0 Å². The van der Waals surface area contributed by atoms with E-state index in [0.29, 0.717) is 0 Å². The number of benzene rings is 2. The van der Waals surface area contributed by atoms with Crippen LogP contribution in [0.4, 0.5) is 0 Å². The summed E-state index contributed by atoms with van der Waals surface area (Å²) in [6.45, 7) is 0. The zero-order valence-electron chi connectivity index (χ0n) is 9.27. The molecule has 0 N–H and O–H groups in total. The van der Waals surface area contributed by atoms with Crippen LogP contribution >= 0.6 is 0 Å². The maximum absolute atomic E-state index is 2.44. The zero-order chi connectivity index (χ0) is 9.80. The summed E-state index contributed by atoms with van der Waals surface area (Å²) in [5.74, 6) is 0. The van der Waals surface area contributed by atoms with Gasteiger partial charge in [0.05, 0.1) is 0 Å². The van der Waals surface area contributed by atoms with Gasteiger partial charge in [-0.15, -0.1) is 0 Å². The molecule has 0 unspecified atom stereocenters. The first-order valence-electron chi connectivity index (χ1n) is 4.82. The Balaban J connectivity index is 0.00000112. The van der Waals surface area contributed by atoms with E-state index in [2.05, 4.69) is 65.6 Å². The molecule has 0 aromatic heterocycles. The fraction of sp³-hybridized carbons (Fsp3) is 0.0769. The maximum atomic E-state index is 2.44. The number of hydrogen-bond acceptors (Lipinski definition) is 0. The van der Waals surface area contributed by atoms with E-state index >= 15 is 0 Å². The number of hydrogen-bond donors (Lipinski definition) is 0. The van der Waals surface area contributed by atoms with E-state index in [0.717, 1.165) is 0 Å². The van der Waals surface area contributed by atoms with E-state index in [1.54, 1.807) is 7.16 Å². The third kappa shape index (κ3) is 3.41. The molecule has 0 aliphatic carbocycles. The van der Waals surface area contributed by atoms with Crippen LogP contribution in [0.25, 0.3) is 0 Å². The molecule has 2 rings (SSSR count). The van der Waals surface area contributed by atoms with Crippen molar-refractivity contribution >= 4 is 45.8 Å². The van der Waals surface area contributed by atoms with Crippen molar-refractivity contribution in [2.24, 2.45) is 0 Å². The topological polar surface area (TPSA) is 0 Å². The van der Waals surface area contributed by atoms with Crippen molar-refractivity contribution in [3.63, 3.8) is 0 Å². The minimum absolute atomic E-state index is 0. The van der Waals surface area contributed by atoms with Crippen LogP contribution in [-0.2, 0) is 0 Å². The molecule has 2 aromatic rings. The van der Waals surface area contributed by atoms with Gasteiger partial charge in [0.25, 0.3) is 0 Å². The van der Waals surface area contributed by atoms with E-state index < -0.39 is 19.8 Å². The van der Waals surface area contributed by atoms with Crippen LogP contribution in [0.15, 0.2) is 60.7 Å². The second-order valence-electron chi connectivity index (χ2n) is 3.36. The zero-order valence-corrected chi connectivity index (χ0v) is 12.1. The maximum Gasteiger partial charge on any atom is 0 e. The molecule has 0 aliphatic rings. The smallest absolute Gasteiger partial charge is 0 e. The Bertz CT molecular complexity index is 346. The Morgan fingerprint density at radius 3 is 1.33 bits per heavy atom. The molecule has 0 saturated carbocycles. The Labute approximate surface area is 111 Å². The molecule has 0 aliphatic heterocycles. The van der Waals surface area contributed by atoms with Crippen molar-refractivity contribution in [1.82, 2.24) is 0 Å². The molecule has 0 heterocycles. The van der Waals surface area contributed by atoms with E-state index in [4.69, 9.17) is 0 Å². The summed E-state index contributed by atoms with van der Waals surface area (Å²) >= 11 is -1.50. The molecule has 0 fully saturated rings. The minimum atomic E-state index is -1.50. The second-order valence-corrected chi connectivity index (χ2v) is 10.2. The van der Waals surface area contributed by atoms with Gasteiger partial charge in [-0.2, -0.15) is 0 Å². The largest absolute Gasteiger partial charge is 0 e. The third-order valence-electron chi connectivity index (χ3n) is 2.41. The third-order valence-corrected chi connectivity index (χ3v) is 9.26. The average molecular weight is 295 g/mol. The van der Waals surface area contributed by atoms with Crippen molar-refractivity contribution in [1.29, 1.82) is 0 Å². The molecule has 2 radical (unpaired) electrons. The van der Waals surface area contributed by atoms with Gasteiger partial charge in [-0.1, -0.05) is 0 Å². The Hall–Kier alpha value is -0.164. The fourth-order valence-corrected chi connectivity index (χ4v) is 6.45. The molecule has 2 aromatic carbocycles. The molecule has 70 valence electrons. The average Bonchev–Trinajstić information content (AvgIpc) is 2.30. The molecule has 15 heavy (non-hydrogen) atoms. The minimum Gasteiger partial charge on any atom is 0 e. The normalized spacial score (nSPS) is 9.73. The molecular formula is C13H13LiSn. The van der Waals surface area contributed by atoms with E-state index in [1.165, 1.54) is 0 Å². The first-order valence-corrected chi connectivity index (χ1v) is 10.5. The first-order chi connectivity index (χ1) is 6.88. The summed E-state index contributed by atoms with van der Waals surface area (Å²) in [7, 11) is 0. The van der Waals surface area contributed by atoms with Crippen LogP contribution < -0.4 is 7.16 Å². The summed E-state index contributed by atoms with van der Waals surface area (Å²) in [5.41, 5.74) is 0. The first kappa shape index (κ1) is 12.9. The van der Waals surface area contributed by atoms with Gasteiger partial charge < -0.3 is 0 Å². The summed E-state index contributed by atoms with van der Waals surface area (Å²) in [5, 5.41) is 0. The quantitative estimate of drug-likeness (QED) is 0.737. The van der Waals surface area contributed by atoms with Crippen molar-refractivity contribution in [2.75, 3.05) is 0 Å². The molecular weight excluding hydrogens is 282 g/mol. The monoisotopic (exact) mass is 296 g/mol. The molecule has 0 nitrogen and oxygen atoms in total. The fourth-order valence-electron chi connectivity index (χ4n) is 1.54. The number of rotatable bonds is 2. The van der Waals surface area contributed by atoms with Crippen LogP contribution in [0.1, 0.15) is 0 Å². The molecule has 0 saturated heterocycles. The van der Waals surface area contributed by atoms with Crippen molar-refractivity contribution in [3.05, 3.63) is 60.7 Å². The molecule has 0 atom stereocenters. The second kappa shape index (κ2) is 6.43. The standard InChI is InChI=1S/2C6H5.CH3.Li.Sn/c2*1-2-4-6-5-3-1;;;/h2*1-5H;1H3;;. The van der Waals surface area contributed by atoms with Gasteiger partial charge in [0, 0.05) is 18.9 Å². The summed E-state index contributed by atoms with van der Waals surface area (Å²) in [6.07, 6.45) is 0. The Morgan fingerprint density at radius 1 is 0.667 bits per heavy atom. The molecule has 2 heteroatoms. The van der Waals surface area contributed by atoms with Crippen molar-refractivity contribution in [2.45, 2.75) is 4.94 Å². The predicted molar refractivity (Wildman–Crippen MR) is 69.5 cm³/mol. The van der Waals surface area contributed by atoms with Crippen LogP contribution in [0.2, 0.25) is 4.94 Å². The predicted octanol–water partition coefficient (Wildman–Crippen LogP) is 1.54.